The van der Waals surface area contributed by atoms with Crippen molar-refractivity contribution in [1.82, 2.24) is 0 Å². The predicted molar refractivity (Wildman–Crippen MR) is 83.9 cm³/mol. The van der Waals surface area contributed by atoms with Gasteiger partial charge in [0.2, 0.25) is 0 Å². The molecular formula is C19H22O2. The summed E-state index contributed by atoms with van der Waals surface area (Å²) >= 11 is 0. The normalized spacial score (nSPS) is 16.1. The van der Waals surface area contributed by atoms with Gasteiger partial charge in [0, 0.05) is 5.56 Å². The Morgan fingerprint density at radius 3 is 2.29 bits per heavy atom. The largest absolute Gasteiger partial charge is 0.466 e. The van der Waals surface area contributed by atoms with E-state index in [-0.39, 0.29) is 5.78 Å². The van der Waals surface area contributed by atoms with Gasteiger partial charge in [-0.1, -0.05) is 43.5 Å². The van der Waals surface area contributed by atoms with E-state index in [2.05, 4.69) is 12.1 Å². The van der Waals surface area contributed by atoms with E-state index in [0.29, 0.717) is 17.2 Å². The number of furan rings is 1. The van der Waals surface area contributed by atoms with Crippen molar-refractivity contribution in [3.63, 3.8) is 0 Å². The summed E-state index contributed by atoms with van der Waals surface area (Å²) in [6.45, 7) is 3.71. The van der Waals surface area contributed by atoms with Crippen LogP contribution in [0.15, 0.2) is 34.7 Å². The van der Waals surface area contributed by atoms with E-state index in [0.717, 1.165) is 11.3 Å². The molecular weight excluding hydrogens is 260 g/mol. The summed E-state index contributed by atoms with van der Waals surface area (Å²) in [7, 11) is 0. The van der Waals surface area contributed by atoms with Crippen molar-refractivity contribution >= 4 is 5.78 Å². The maximum atomic E-state index is 12.5. The molecule has 1 heterocycles. The number of hydrogen-bond acceptors (Lipinski definition) is 2. The molecule has 1 aromatic heterocycles. The van der Waals surface area contributed by atoms with E-state index in [9.17, 15) is 4.79 Å². The monoisotopic (exact) mass is 282 g/mol. The quantitative estimate of drug-likeness (QED) is 0.726. The summed E-state index contributed by atoms with van der Waals surface area (Å²) in [5.74, 6) is 2.23. The summed E-state index contributed by atoms with van der Waals surface area (Å²) < 4.78 is 5.46. The molecule has 0 amide bonds. The first kappa shape index (κ1) is 14.1. The summed E-state index contributed by atoms with van der Waals surface area (Å²) in [5, 5.41) is 0. The number of benzene rings is 1. The van der Waals surface area contributed by atoms with Gasteiger partial charge in [-0.3, -0.25) is 4.79 Å². The van der Waals surface area contributed by atoms with E-state index in [1.165, 1.54) is 37.7 Å². The molecule has 110 valence electrons. The van der Waals surface area contributed by atoms with Gasteiger partial charge in [0.05, 0.1) is 5.56 Å². The Morgan fingerprint density at radius 2 is 1.71 bits per heavy atom. The fourth-order valence-electron chi connectivity index (χ4n) is 3.35. The first-order chi connectivity index (χ1) is 10.1. The van der Waals surface area contributed by atoms with Crippen LogP contribution >= 0.6 is 0 Å². The molecule has 0 bridgehead atoms. The number of aryl methyl sites for hydroxylation is 2. The smallest absolute Gasteiger partial charge is 0.196 e. The molecule has 0 unspecified atom stereocenters. The third-order valence-electron chi connectivity index (χ3n) is 4.54. The second-order valence-corrected chi connectivity index (χ2v) is 6.11. The van der Waals surface area contributed by atoms with E-state index in [1.54, 1.807) is 0 Å². The lowest BCUT2D eigenvalue weighted by molar-refractivity contribution is 0.103. The van der Waals surface area contributed by atoms with Crippen LogP contribution in [0.4, 0.5) is 0 Å². The number of carbonyl (C=O) groups is 1. The van der Waals surface area contributed by atoms with Crippen LogP contribution in [0.5, 0.6) is 0 Å². The van der Waals surface area contributed by atoms with Gasteiger partial charge in [-0.25, -0.2) is 0 Å². The topological polar surface area (TPSA) is 30.2 Å². The van der Waals surface area contributed by atoms with E-state index in [4.69, 9.17) is 4.42 Å². The lowest BCUT2D eigenvalue weighted by Crippen LogP contribution is -2.06. The minimum absolute atomic E-state index is 0.0551. The zero-order chi connectivity index (χ0) is 14.8. The average Bonchev–Trinajstić information content (AvgIpc) is 2.86. The van der Waals surface area contributed by atoms with Crippen LogP contribution in [-0.2, 0) is 0 Å². The van der Waals surface area contributed by atoms with Crippen molar-refractivity contribution in [3.8, 4) is 0 Å². The average molecular weight is 282 g/mol. The lowest BCUT2D eigenvalue weighted by Gasteiger charge is -2.22. The number of rotatable bonds is 3. The number of ketones is 1. The van der Waals surface area contributed by atoms with Gasteiger partial charge in [-0.15, -0.1) is 0 Å². The highest BCUT2D eigenvalue weighted by molar-refractivity contribution is 6.09. The minimum atomic E-state index is 0.0551. The highest BCUT2D eigenvalue weighted by Crippen LogP contribution is 2.32. The van der Waals surface area contributed by atoms with Crippen molar-refractivity contribution in [2.75, 3.05) is 0 Å². The molecule has 1 aliphatic carbocycles. The van der Waals surface area contributed by atoms with Gasteiger partial charge in [-0.2, -0.15) is 0 Å². The molecule has 1 aromatic carbocycles. The van der Waals surface area contributed by atoms with Crippen molar-refractivity contribution < 1.29 is 9.21 Å². The van der Waals surface area contributed by atoms with Gasteiger partial charge >= 0.3 is 0 Å². The van der Waals surface area contributed by atoms with Crippen LogP contribution in [-0.4, -0.2) is 5.78 Å². The summed E-state index contributed by atoms with van der Waals surface area (Å²) in [5.41, 5.74) is 2.81. The first-order valence-electron chi connectivity index (χ1n) is 7.87. The molecule has 3 rings (SSSR count). The van der Waals surface area contributed by atoms with Crippen LogP contribution in [0.25, 0.3) is 0 Å². The van der Waals surface area contributed by atoms with E-state index in [1.807, 2.05) is 32.0 Å². The molecule has 0 aliphatic heterocycles. The molecule has 2 aromatic rings. The van der Waals surface area contributed by atoms with Gasteiger partial charge in [0.15, 0.2) is 5.78 Å². The molecule has 2 nitrogen and oxygen atoms in total. The van der Waals surface area contributed by atoms with Crippen molar-refractivity contribution in [2.24, 2.45) is 0 Å². The molecule has 2 heteroatoms. The Balaban J connectivity index is 1.80. The third kappa shape index (κ3) is 2.94. The van der Waals surface area contributed by atoms with Gasteiger partial charge in [0.1, 0.15) is 11.5 Å². The fourth-order valence-corrected chi connectivity index (χ4v) is 3.35. The van der Waals surface area contributed by atoms with E-state index >= 15 is 0 Å². The molecule has 1 aliphatic rings. The predicted octanol–water partition coefficient (Wildman–Crippen LogP) is 5.18. The molecule has 0 spiro atoms. The fraction of sp³-hybridized carbons (Fsp3) is 0.421. The Morgan fingerprint density at radius 1 is 1.05 bits per heavy atom. The van der Waals surface area contributed by atoms with E-state index < -0.39 is 0 Å². The highest BCUT2D eigenvalue weighted by Gasteiger charge is 2.18. The Hall–Kier alpha value is -1.83. The maximum absolute atomic E-state index is 12.5. The van der Waals surface area contributed by atoms with Crippen molar-refractivity contribution in [3.05, 3.63) is 58.5 Å². The van der Waals surface area contributed by atoms with Crippen LogP contribution in [0.2, 0.25) is 0 Å². The first-order valence-corrected chi connectivity index (χ1v) is 7.87. The molecule has 1 saturated carbocycles. The zero-order valence-electron chi connectivity index (χ0n) is 12.8. The van der Waals surface area contributed by atoms with Gasteiger partial charge in [-0.05, 0) is 44.2 Å². The van der Waals surface area contributed by atoms with Gasteiger partial charge < -0.3 is 4.42 Å². The van der Waals surface area contributed by atoms with Gasteiger partial charge in [0.25, 0.3) is 0 Å². The third-order valence-corrected chi connectivity index (χ3v) is 4.54. The molecule has 0 atom stereocenters. The molecule has 0 saturated heterocycles. The van der Waals surface area contributed by atoms with Crippen molar-refractivity contribution in [1.29, 1.82) is 0 Å². The molecule has 21 heavy (non-hydrogen) atoms. The SMILES string of the molecule is Cc1cc(C(=O)c2ccc(C3CCCCC3)cc2)c(C)o1. The Bertz CT molecular complexity index is 628. The second-order valence-electron chi connectivity index (χ2n) is 6.11. The Kier molecular flexibility index (Phi) is 3.96. The van der Waals surface area contributed by atoms with Crippen LogP contribution in [0.3, 0.4) is 0 Å². The summed E-state index contributed by atoms with van der Waals surface area (Å²) in [4.78, 5) is 12.5. The minimum Gasteiger partial charge on any atom is -0.466 e. The standard InChI is InChI=1S/C19H22O2/c1-13-12-18(14(2)21-13)19(20)17-10-8-16(9-11-17)15-6-4-3-5-7-15/h8-12,15H,3-7H2,1-2H3. The molecule has 0 N–H and O–H groups in total. The summed E-state index contributed by atoms with van der Waals surface area (Å²) in [6.07, 6.45) is 6.60. The lowest BCUT2D eigenvalue weighted by atomic mass is 9.84. The summed E-state index contributed by atoms with van der Waals surface area (Å²) in [6, 6.07) is 10.0. The van der Waals surface area contributed by atoms with Crippen LogP contribution in [0.1, 0.15) is 71.0 Å². The maximum Gasteiger partial charge on any atom is 0.196 e. The second kappa shape index (κ2) is 5.88. The number of carbonyl (C=O) groups excluding carboxylic acids is 1. The number of hydrogen-bond donors (Lipinski definition) is 0. The zero-order valence-corrected chi connectivity index (χ0v) is 12.8. The Labute approximate surface area is 126 Å². The molecule has 1 fully saturated rings. The van der Waals surface area contributed by atoms with Crippen LogP contribution < -0.4 is 0 Å². The van der Waals surface area contributed by atoms with Crippen LogP contribution in [0, 0.1) is 13.8 Å². The van der Waals surface area contributed by atoms with Crippen molar-refractivity contribution in [2.45, 2.75) is 51.9 Å². The highest BCUT2D eigenvalue weighted by atomic mass is 16.3. The molecule has 0 radical (unpaired) electrons.